The van der Waals surface area contributed by atoms with Crippen LogP contribution < -0.4 is 0 Å². The maximum atomic E-state index is 4.37. The van der Waals surface area contributed by atoms with Gasteiger partial charge in [-0.1, -0.05) is 15.9 Å². The fourth-order valence-electron chi connectivity index (χ4n) is 0.896. The van der Waals surface area contributed by atoms with Gasteiger partial charge in [0, 0.05) is 23.1 Å². The molecule has 13 heavy (non-hydrogen) atoms. The van der Waals surface area contributed by atoms with Gasteiger partial charge in [-0.15, -0.1) is 11.3 Å². The smallest absolute Gasteiger partial charge is 0.143 e. The van der Waals surface area contributed by atoms with Gasteiger partial charge in [0.25, 0.3) is 0 Å². The van der Waals surface area contributed by atoms with Gasteiger partial charge in [0.1, 0.15) is 10.7 Å². The highest BCUT2D eigenvalue weighted by molar-refractivity contribution is 9.08. The Bertz CT molecular complexity index is 387. The van der Waals surface area contributed by atoms with Crippen LogP contribution in [-0.2, 0) is 5.33 Å². The Balaban J connectivity index is 2.36. The monoisotopic (exact) mass is 255 g/mol. The molecule has 5 heteroatoms. The molecule has 0 amide bonds. The van der Waals surface area contributed by atoms with Crippen LogP contribution in [0.4, 0.5) is 0 Å². The molecule has 0 unspecified atom stereocenters. The minimum atomic E-state index is 0.782. The summed E-state index contributed by atoms with van der Waals surface area (Å²) in [6, 6.07) is 0. The fraction of sp³-hybridized carbons (Fsp3) is 0.125. The number of hydrogen-bond donors (Lipinski definition) is 0. The van der Waals surface area contributed by atoms with Crippen LogP contribution in [0.5, 0.6) is 0 Å². The molecule has 0 aromatic carbocycles. The van der Waals surface area contributed by atoms with Gasteiger partial charge >= 0.3 is 0 Å². The zero-order chi connectivity index (χ0) is 9.10. The standard InChI is InChI=1S/C8H6BrN3S/c9-3-6-5-13-8(12-6)7-4-10-1-2-11-7/h1-2,4-5H,3H2. The first-order valence-electron chi connectivity index (χ1n) is 3.67. The van der Waals surface area contributed by atoms with Gasteiger partial charge in [-0.2, -0.15) is 0 Å². The normalized spacial score (nSPS) is 10.2. The van der Waals surface area contributed by atoms with Gasteiger partial charge in [0.15, 0.2) is 0 Å². The first-order valence-corrected chi connectivity index (χ1v) is 5.67. The van der Waals surface area contributed by atoms with Crippen molar-refractivity contribution in [3.63, 3.8) is 0 Å². The van der Waals surface area contributed by atoms with Crippen molar-refractivity contribution in [2.45, 2.75) is 5.33 Å². The van der Waals surface area contributed by atoms with Crippen LogP contribution in [0.2, 0.25) is 0 Å². The third kappa shape index (κ3) is 1.92. The van der Waals surface area contributed by atoms with E-state index >= 15 is 0 Å². The van der Waals surface area contributed by atoms with Crippen molar-refractivity contribution in [1.29, 1.82) is 0 Å². The predicted molar refractivity (Wildman–Crippen MR) is 55.8 cm³/mol. The molecular weight excluding hydrogens is 250 g/mol. The summed E-state index contributed by atoms with van der Waals surface area (Å²) in [5.41, 5.74) is 1.87. The van der Waals surface area contributed by atoms with E-state index < -0.39 is 0 Å². The molecule has 0 bridgehead atoms. The number of nitrogens with zero attached hydrogens (tertiary/aromatic N) is 3. The average molecular weight is 256 g/mol. The van der Waals surface area contributed by atoms with E-state index in [9.17, 15) is 0 Å². The molecule has 2 aromatic heterocycles. The number of hydrogen-bond acceptors (Lipinski definition) is 4. The van der Waals surface area contributed by atoms with E-state index in [1.807, 2.05) is 5.38 Å². The third-order valence-electron chi connectivity index (χ3n) is 1.47. The van der Waals surface area contributed by atoms with Gasteiger partial charge in [-0.05, 0) is 0 Å². The lowest BCUT2D eigenvalue weighted by Gasteiger charge is -1.91. The molecule has 0 atom stereocenters. The SMILES string of the molecule is BrCc1csc(-c2cnccn2)n1. The Morgan fingerprint density at radius 1 is 1.38 bits per heavy atom. The first-order chi connectivity index (χ1) is 6.40. The highest BCUT2D eigenvalue weighted by Crippen LogP contribution is 2.21. The molecule has 0 radical (unpaired) electrons. The second-order valence-corrected chi connectivity index (χ2v) is 3.79. The summed E-state index contributed by atoms with van der Waals surface area (Å²) in [6.45, 7) is 0. The molecule has 0 spiro atoms. The van der Waals surface area contributed by atoms with Crippen molar-refractivity contribution in [3.8, 4) is 10.7 Å². The number of halogens is 1. The van der Waals surface area contributed by atoms with Crippen LogP contribution in [-0.4, -0.2) is 15.0 Å². The molecule has 2 heterocycles. The summed E-state index contributed by atoms with van der Waals surface area (Å²) in [7, 11) is 0. The largest absolute Gasteiger partial charge is 0.261 e. The lowest BCUT2D eigenvalue weighted by molar-refractivity contribution is 1.17. The molecule has 3 nitrogen and oxygen atoms in total. The summed E-state index contributed by atoms with van der Waals surface area (Å²) in [4.78, 5) is 12.5. The average Bonchev–Trinajstić information content (AvgIpc) is 2.67. The van der Waals surface area contributed by atoms with Crippen molar-refractivity contribution in [2.75, 3.05) is 0 Å². The van der Waals surface area contributed by atoms with E-state index in [2.05, 4.69) is 30.9 Å². The summed E-state index contributed by atoms with van der Waals surface area (Å²) >= 11 is 4.94. The van der Waals surface area contributed by atoms with E-state index in [1.54, 1.807) is 29.9 Å². The molecule has 0 aliphatic rings. The number of thiazole rings is 1. The van der Waals surface area contributed by atoms with Crippen LogP contribution in [0, 0.1) is 0 Å². The van der Waals surface area contributed by atoms with Crippen LogP contribution in [0.3, 0.4) is 0 Å². The number of aromatic nitrogens is 3. The fourth-order valence-corrected chi connectivity index (χ4v) is 2.18. The summed E-state index contributed by atoms with van der Waals surface area (Å²) in [5.74, 6) is 0. The maximum absolute atomic E-state index is 4.37. The molecule has 66 valence electrons. The van der Waals surface area contributed by atoms with Crippen molar-refractivity contribution >= 4 is 27.3 Å². The van der Waals surface area contributed by atoms with Crippen molar-refractivity contribution < 1.29 is 0 Å². The molecule has 2 aromatic rings. The Morgan fingerprint density at radius 3 is 2.92 bits per heavy atom. The topological polar surface area (TPSA) is 38.7 Å². The molecule has 0 saturated carbocycles. The third-order valence-corrected chi connectivity index (χ3v) is 2.96. The van der Waals surface area contributed by atoms with Gasteiger partial charge < -0.3 is 0 Å². The molecule has 0 fully saturated rings. The van der Waals surface area contributed by atoms with E-state index in [-0.39, 0.29) is 0 Å². The van der Waals surface area contributed by atoms with Gasteiger partial charge in [-0.25, -0.2) is 4.98 Å². The summed E-state index contributed by atoms with van der Waals surface area (Å²) in [5, 5.41) is 3.71. The second kappa shape index (κ2) is 3.93. The summed E-state index contributed by atoms with van der Waals surface area (Å²) in [6.07, 6.45) is 5.05. The quantitative estimate of drug-likeness (QED) is 0.775. The Labute approximate surface area is 88.0 Å². The van der Waals surface area contributed by atoms with E-state index in [0.717, 1.165) is 21.7 Å². The van der Waals surface area contributed by atoms with E-state index in [4.69, 9.17) is 0 Å². The molecule has 0 aliphatic carbocycles. The molecule has 0 N–H and O–H groups in total. The van der Waals surface area contributed by atoms with Gasteiger partial charge in [0.2, 0.25) is 0 Å². The maximum Gasteiger partial charge on any atom is 0.143 e. The molecular formula is C8H6BrN3S. The molecule has 0 aliphatic heterocycles. The van der Waals surface area contributed by atoms with Crippen molar-refractivity contribution in [3.05, 3.63) is 29.7 Å². The number of rotatable bonds is 2. The summed E-state index contributed by atoms with van der Waals surface area (Å²) < 4.78 is 0. The van der Waals surface area contributed by atoms with Crippen LogP contribution in [0.15, 0.2) is 24.0 Å². The van der Waals surface area contributed by atoms with Crippen molar-refractivity contribution in [2.24, 2.45) is 0 Å². The first kappa shape index (κ1) is 8.77. The van der Waals surface area contributed by atoms with Crippen LogP contribution >= 0.6 is 27.3 Å². The lowest BCUT2D eigenvalue weighted by Crippen LogP contribution is -1.83. The minimum absolute atomic E-state index is 0.782. The second-order valence-electron chi connectivity index (χ2n) is 2.37. The van der Waals surface area contributed by atoms with Crippen molar-refractivity contribution in [1.82, 2.24) is 15.0 Å². The highest BCUT2D eigenvalue weighted by Gasteiger charge is 2.03. The van der Waals surface area contributed by atoms with Crippen LogP contribution in [0.1, 0.15) is 5.69 Å². The van der Waals surface area contributed by atoms with E-state index in [0.29, 0.717) is 0 Å². The molecule has 0 saturated heterocycles. The Morgan fingerprint density at radius 2 is 2.31 bits per heavy atom. The number of alkyl halides is 1. The zero-order valence-corrected chi connectivity index (χ0v) is 9.05. The van der Waals surface area contributed by atoms with E-state index in [1.165, 1.54) is 0 Å². The zero-order valence-electron chi connectivity index (χ0n) is 6.64. The molecule has 2 rings (SSSR count). The minimum Gasteiger partial charge on any atom is -0.261 e. The van der Waals surface area contributed by atoms with Gasteiger partial charge in [0.05, 0.1) is 11.9 Å². The Kier molecular flexibility index (Phi) is 2.65. The lowest BCUT2D eigenvalue weighted by atomic mass is 10.5. The highest BCUT2D eigenvalue weighted by atomic mass is 79.9. The Hall–Kier alpha value is -0.810. The van der Waals surface area contributed by atoms with Crippen LogP contribution in [0.25, 0.3) is 10.7 Å². The van der Waals surface area contributed by atoms with Gasteiger partial charge in [-0.3, -0.25) is 9.97 Å². The predicted octanol–water partition coefficient (Wildman–Crippen LogP) is 2.50.